The number of nitrogens with zero attached hydrogens (tertiary/aromatic N) is 3. The molecule has 0 atom stereocenters. The summed E-state index contributed by atoms with van der Waals surface area (Å²) in [7, 11) is 0. The fourth-order valence-electron chi connectivity index (χ4n) is 2.73. The molecule has 0 unspecified atom stereocenters. The standard InChI is InChI=1S/C19H20N4O3/c24-10-9-13-5-8-18(26-12-19(25)20-14-6-7-14)17(11-13)23-21-15-3-1-2-4-16(15)22-23/h1-5,8,11,14,24H,6-7,9-10,12H2,(H,20,25). The van der Waals surface area contributed by atoms with Gasteiger partial charge in [0.15, 0.2) is 6.61 Å². The lowest BCUT2D eigenvalue weighted by Gasteiger charge is -2.12. The number of hydrogen-bond acceptors (Lipinski definition) is 5. The number of fused-ring (bicyclic) bond motifs is 1. The molecule has 1 fully saturated rings. The molecule has 26 heavy (non-hydrogen) atoms. The Morgan fingerprint density at radius 2 is 1.92 bits per heavy atom. The van der Waals surface area contributed by atoms with Crippen molar-refractivity contribution in [3.63, 3.8) is 0 Å². The summed E-state index contributed by atoms with van der Waals surface area (Å²) in [5.74, 6) is 0.398. The second-order valence-corrected chi connectivity index (χ2v) is 6.38. The van der Waals surface area contributed by atoms with Crippen molar-refractivity contribution < 1.29 is 14.6 Å². The fourth-order valence-corrected chi connectivity index (χ4v) is 2.73. The first kappa shape index (κ1) is 16.5. The van der Waals surface area contributed by atoms with Crippen LogP contribution in [0.25, 0.3) is 16.7 Å². The number of aliphatic hydroxyl groups excluding tert-OH is 1. The third-order valence-electron chi connectivity index (χ3n) is 4.23. The maximum atomic E-state index is 11.9. The van der Waals surface area contributed by atoms with Gasteiger partial charge < -0.3 is 15.2 Å². The summed E-state index contributed by atoms with van der Waals surface area (Å²) in [4.78, 5) is 13.4. The number of hydrogen-bond donors (Lipinski definition) is 2. The molecule has 0 aliphatic heterocycles. The molecule has 1 aliphatic rings. The number of nitrogens with one attached hydrogen (secondary N) is 1. The van der Waals surface area contributed by atoms with E-state index in [1.165, 1.54) is 4.80 Å². The average molecular weight is 352 g/mol. The first-order valence-corrected chi connectivity index (χ1v) is 8.71. The minimum Gasteiger partial charge on any atom is -0.481 e. The SMILES string of the molecule is O=C(COc1ccc(CCO)cc1-n1nc2ccccc2n1)NC1CC1. The summed E-state index contributed by atoms with van der Waals surface area (Å²) in [6.45, 7) is 0.00157. The Bertz CT molecular complexity index is 900. The second kappa shape index (κ2) is 7.13. The third kappa shape index (κ3) is 3.67. The van der Waals surface area contributed by atoms with Crippen molar-refractivity contribution in [3.05, 3.63) is 48.0 Å². The van der Waals surface area contributed by atoms with Crippen molar-refractivity contribution in [2.24, 2.45) is 0 Å². The van der Waals surface area contributed by atoms with Crippen LogP contribution in [0.4, 0.5) is 0 Å². The van der Waals surface area contributed by atoms with Crippen molar-refractivity contribution in [2.45, 2.75) is 25.3 Å². The van der Waals surface area contributed by atoms with Crippen molar-refractivity contribution in [1.29, 1.82) is 0 Å². The predicted octanol–water partition coefficient (Wildman–Crippen LogP) is 1.61. The zero-order chi connectivity index (χ0) is 17.9. The molecule has 0 saturated heterocycles. The number of aliphatic hydroxyl groups is 1. The van der Waals surface area contributed by atoms with Gasteiger partial charge in [-0.15, -0.1) is 15.0 Å². The van der Waals surface area contributed by atoms with E-state index in [0.29, 0.717) is 23.9 Å². The van der Waals surface area contributed by atoms with Crippen LogP contribution < -0.4 is 10.1 Å². The summed E-state index contributed by atoms with van der Waals surface area (Å²) in [6.07, 6.45) is 2.60. The van der Waals surface area contributed by atoms with E-state index in [4.69, 9.17) is 4.74 Å². The largest absolute Gasteiger partial charge is 0.481 e. The molecular weight excluding hydrogens is 332 g/mol. The molecule has 4 rings (SSSR count). The minimum absolute atomic E-state index is 0.0519. The molecule has 134 valence electrons. The van der Waals surface area contributed by atoms with Crippen LogP contribution >= 0.6 is 0 Å². The Balaban J connectivity index is 1.62. The Hall–Kier alpha value is -2.93. The van der Waals surface area contributed by atoms with Crippen LogP contribution in [0.5, 0.6) is 5.75 Å². The van der Waals surface area contributed by atoms with Crippen molar-refractivity contribution in [3.8, 4) is 11.4 Å². The van der Waals surface area contributed by atoms with E-state index >= 15 is 0 Å². The van der Waals surface area contributed by atoms with E-state index in [0.717, 1.165) is 29.4 Å². The van der Waals surface area contributed by atoms with Crippen molar-refractivity contribution >= 4 is 16.9 Å². The highest BCUT2D eigenvalue weighted by atomic mass is 16.5. The third-order valence-corrected chi connectivity index (χ3v) is 4.23. The fraction of sp³-hybridized carbons (Fsp3) is 0.316. The van der Waals surface area contributed by atoms with E-state index < -0.39 is 0 Å². The van der Waals surface area contributed by atoms with Crippen LogP contribution in [0, 0.1) is 0 Å². The predicted molar refractivity (Wildman–Crippen MR) is 96.3 cm³/mol. The van der Waals surface area contributed by atoms with Gasteiger partial charge in [-0.3, -0.25) is 4.79 Å². The molecule has 0 spiro atoms. The lowest BCUT2D eigenvalue weighted by Crippen LogP contribution is -2.30. The van der Waals surface area contributed by atoms with Gasteiger partial charge in [-0.25, -0.2) is 0 Å². The Morgan fingerprint density at radius 3 is 2.58 bits per heavy atom. The average Bonchev–Trinajstić information content (AvgIpc) is 3.35. The zero-order valence-electron chi connectivity index (χ0n) is 14.3. The van der Waals surface area contributed by atoms with Crippen molar-refractivity contribution in [2.75, 3.05) is 13.2 Å². The summed E-state index contributed by atoms with van der Waals surface area (Å²) in [5.41, 5.74) is 3.14. The smallest absolute Gasteiger partial charge is 0.258 e. The highest BCUT2D eigenvalue weighted by Crippen LogP contribution is 2.25. The number of carbonyl (C=O) groups is 1. The number of amides is 1. The lowest BCUT2D eigenvalue weighted by atomic mass is 10.1. The van der Waals surface area contributed by atoms with E-state index in [9.17, 15) is 9.90 Å². The number of rotatable bonds is 7. The van der Waals surface area contributed by atoms with Crippen LogP contribution in [-0.2, 0) is 11.2 Å². The van der Waals surface area contributed by atoms with Gasteiger partial charge in [0.2, 0.25) is 0 Å². The molecule has 3 aromatic rings. The molecule has 1 amide bonds. The molecule has 1 aromatic heterocycles. The molecule has 7 nitrogen and oxygen atoms in total. The van der Waals surface area contributed by atoms with E-state index in [-0.39, 0.29) is 19.1 Å². The molecule has 1 saturated carbocycles. The highest BCUT2D eigenvalue weighted by molar-refractivity contribution is 5.78. The van der Waals surface area contributed by atoms with Crippen molar-refractivity contribution in [1.82, 2.24) is 20.3 Å². The maximum Gasteiger partial charge on any atom is 0.258 e. The number of benzene rings is 2. The molecule has 0 radical (unpaired) electrons. The number of carbonyl (C=O) groups excluding carboxylic acids is 1. The Labute approximate surface area is 150 Å². The summed E-state index contributed by atoms with van der Waals surface area (Å²) >= 11 is 0. The van der Waals surface area contributed by atoms with Crippen LogP contribution in [0.1, 0.15) is 18.4 Å². The summed E-state index contributed by atoms with van der Waals surface area (Å²) < 4.78 is 5.74. The van der Waals surface area contributed by atoms with Crippen LogP contribution in [0.2, 0.25) is 0 Å². The number of ether oxygens (including phenoxy) is 1. The first-order chi connectivity index (χ1) is 12.7. The van der Waals surface area contributed by atoms with Gasteiger partial charge in [-0.2, -0.15) is 0 Å². The normalized spacial score (nSPS) is 13.7. The maximum absolute atomic E-state index is 11.9. The van der Waals surface area contributed by atoms with Crippen LogP contribution in [0.15, 0.2) is 42.5 Å². The molecule has 2 aromatic carbocycles. The van der Waals surface area contributed by atoms with Gasteiger partial charge in [0.25, 0.3) is 5.91 Å². The minimum atomic E-state index is -0.128. The van der Waals surface area contributed by atoms with Gasteiger partial charge in [-0.05, 0) is 49.1 Å². The number of aromatic nitrogens is 3. The Kier molecular flexibility index (Phi) is 4.53. The summed E-state index contributed by atoms with van der Waals surface area (Å²) in [5, 5.41) is 21.1. The lowest BCUT2D eigenvalue weighted by molar-refractivity contribution is -0.123. The molecular formula is C19H20N4O3. The van der Waals surface area contributed by atoms with Gasteiger partial charge in [0.1, 0.15) is 22.5 Å². The monoisotopic (exact) mass is 352 g/mol. The molecule has 7 heteroatoms. The molecule has 0 bridgehead atoms. The highest BCUT2D eigenvalue weighted by Gasteiger charge is 2.23. The van der Waals surface area contributed by atoms with Gasteiger partial charge >= 0.3 is 0 Å². The Morgan fingerprint density at radius 1 is 1.19 bits per heavy atom. The first-order valence-electron chi connectivity index (χ1n) is 8.71. The van der Waals surface area contributed by atoms with Crippen LogP contribution in [-0.4, -0.2) is 45.3 Å². The van der Waals surface area contributed by atoms with Gasteiger partial charge in [-0.1, -0.05) is 18.2 Å². The molecule has 1 heterocycles. The van der Waals surface area contributed by atoms with Crippen LogP contribution in [0.3, 0.4) is 0 Å². The van der Waals surface area contributed by atoms with E-state index in [1.807, 2.05) is 36.4 Å². The second-order valence-electron chi connectivity index (χ2n) is 6.38. The topological polar surface area (TPSA) is 89.3 Å². The molecule has 1 aliphatic carbocycles. The summed E-state index contributed by atoms with van der Waals surface area (Å²) in [6, 6.07) is 13.4. The van der Waals surface area contributed by atoms with E-state index in [1.54, 1.807) is 6.07 Å². The quantitative estimate of drug-likeness (QED) is 0.674. The van der Waals surface area contributed by atoms with Gasteiger partial charge in [0.05, 0.1) is 0 Å². The zero-order valence-corrected chi connectivity index (χ0v) is 14.3. The van der Waals surface area contributed by atoms with Gasteiger partial charge in [0, 0.05) is 12.6 Å². The molecule has 2 N–H and O–H groups in total. The van der Waals surface area contributed by atoms with E-state index in [2.05, 4.69) is 15.5 Å².